The largest absolute Gasteiger partial charge is 0.490 e. The van der Waals surface area contributed by atoms with E-state index in [9.17, 15) is 4.79 Å². The normalized spacial score (nSPS) is 23.0. The van der Waals surface area contributed by atoms with Crippen LogP contribution in [0.25, 0.3) is 10.8 Å². The van der Waals surface area contributed by atoms with E-state index in [1.54, 1.807) is 0 Å². The number of hydrogen-bond donors (Lipinski definition) is 1. The van der Waals surface area contributed by atoms with Gasteiger partial charge in [-0.25, -0.2) is 0 Å². The first kappa shape index (κ1) is 21.6. The molecule has 3 atom stereocenters. The fourth-order valence-corrected chi connectivity index (χ4v) is 4.22. The molecule has 1 fully saturated rings. The number of rotatable bonds is 8. The van der Waals surface area contributed by atoms with E-state index in [4.69, 9.17) is 9.47 Å². The Labute approximate surface area is 175 Å². The second-order valence-electron chi connectivity index (χ2n) is 8.49. The van der Waals surface area contributed by atoms with Crippen molar-refractivity contribution in [1.29, 1.82) is 0 Å². The Bertz CT molecular complexity index is 834. The molecule has 0 aliphatic heterocycles. The highest BCUT2D eigenvalue weighted by Gasteiger charge is 2.42. The number of ether oxygens (including phenoxy) is 2. The average molecular weight is 398 g/mol. The standard InChI is InChI=1S/C25H35NO3/c1-5-16-28-25(15-9-10-18(3)17-25)24(27)26-22-13-14-23(29-19(4)6-2)21-12-8-7-11-20(21)22/h7-8,11-14,18-19H,5-6,9-10,15-17H2,1-4H3,(H,26,27)/t18-,19+,25-/m1/s1. The maximum Gasteiger partial charge on any atom is 0.256 e. The van der Waals surface area contributed by atoms with Crippen LogP contribution in [0.1, 0.15) is 66.2 Å². The number of amides is 1. The molecule has 1 saturated carbocycles. The number of carbonyl (C=O) groups excluding carboxylic acids is 1. The van der Waals surface area contributed by atoms with Crippen LogP contribution in [0.15, 0.2) is 36.4 Å². The van der Waals surface area contributed by atoms with Crippen LogP contribution in [0.5, 0.6) is 5.75 Å². The summed E-state index contributed by atoms with van der Waals surface area (Å²) in [5.74, 6) is 1.34. The smallest absolute Gasteiger partial charge is 0.256 e. The van der Waals surface area contributed by atoms with Crippen LogP contribution in [-0.4, -0.2) is 24.2 Å². The van der Waals surface area contributed by atoms with Crippen LogP contribution in [0.2, 0.25) is 0 Å². The van der Waals surface area contributed by atoms with Crippen molar-refractivity contribution in [2.45, 2.75) is 77.9 Å². The molecular formula is C25H35NO3. The summed E-state index contributed by atoms with van der Waals surface area (Å²) < 4.78 is 12.3. The Kier molecular flexibility index (Phi) is 7.18. The molecule has 0 heterocycles. The quantitative estimate of drug-likeness (QED) is 0.566. The molecule has 1 aliphatic carbocycles. The van der Waals surface area contributed by atoms with Gasteiger partial charge in [-0.3, -0.25) is 4.79 Å². The highest BCUT2D eigenvalue weighted by atomic mass is 16.5. The molecule has 0 aromatic heterocycles. The minimum Gasteiger partial charge on any atom is -0.490 e. The third kappa shape index (κ3) is 4.92. The van der Waals surface area contributed by atoms with Crippen LogP contribution in [0, 0.1) is 5.92 Å². The minimum atomic E-state index is -0.722. The molecule has 2 aromatic rings. The van der Waals surface area contributed by atoms with E-state index in [0.29, 0.717) is 12.5 Å². The van der Waals surface area contributed by atoms with Gasteiger partial charge in [0.05, 0.1) is 6.10 Å². The number of nitrogens with one attached hydrogen (secondary N) is 1. The Morgan fingerprint density at radius 1 is 1.21 bits per heavy atom. The lowest BCUT2D eigenvalue weighted by Crippen LogP contribution is -2.48. The summed E-state index contributed by atoms with van der Waals surface area (Å²) in [5.41, 5.74) is 0.0977. The Hall–Kier alpha value is -2.07. The molecule has 0 spiro atoms. The van der Waals surface area contributed by atoms with Crippen molar-refractivity contribution in [3.05, 3.63) is 36.4 Å². The third-order valence-corrected chi connectivity index (χ3v) is 5.99. The summed E-state index contributed by atoms with van der Waals surface area (Å²) in [5, 5.41) is 5.22. The molecule has 1 N–H and O–H groups in total. The maximum atomic E-state index is 13.4. The zero-order valence-electron chi connectivity index (χ0n) is 18.3. The average Bonchev–Trinajstić information content (AvgIpc) is 2.73. The van der Waals surface area contributed by atoms with E-state index < -0.39 is 5.60 Å². The molecule has 4 nitrogen and oxygen atoms in total. The first-order valence-corrected chi connectivity index (χ1v) is 11.1. The van der Waals surface area contributed by atoms with Crippen molar-refractivity contribution in [1.82, 2.24) is 0 Å². The number of carbonyl (C=O) groups is 1. The van der Waals surface area contributed by atoms with Gasteiger partial charge in [-0.15, -0.1) is 0 Å². The first-order chi connectivity index (χ1) is 14.0. The van der Waals surface area contributed by atoms with Crippen molar-refractivity contribution in [2.75, 3.05) is 11.9 Å². The zero-order chi connectivity index (χ0) is 20.9. The van der Waals surface area contributed by atoms with Gasteiger partial charge in [-0.1, -0.05) is 51.5 Å². The summed E-state index contributed by atoms with van der Waals surface area (Å²) in [6, 6.07) is 12.0. The van der Waals surface area contributed by atoms with Crippen molar-refractivity contribution in [3.8, 4) is 5.75 Å². The van der Waals surface area contributed by atoms with Crippen LogP contribution in [0.3, 0.4) is 0 Å². The van der Waals surface area contributed by atoms with Gasteiger partial charge >= 0.3 is 0 Å². The molecule has 2 aromatic carbocycles. The first-order valence-electron chi connectivity index (χ1n) is 11.1. The summed E-state index contributed by atoms with van der Waals surface area (Å²) in [4.78, 5) is 13.4. The van der Waals surface area contributed by atoms with Gasteiger partial charge in [0.2, 0.25) is 0 Å². The van der Waals surface area contributed by atoms with E-state index in [1.165, 1.54) is 0 Å². The molecule has 1 amide bonds. The van der Waals surface area contributed by atoms with Crippen molar-refractivity contribution in [2.24, 2.45) is 5.92 Å². The van der Waals surface area contributed by atoms with Gasteiger partial charge in [-0.2, -0.15) is 0 Å². The molecule has 1 aliphatic rings. The van der Waals surface area contributed by atoms with Gasteiger partial charge in [0, 0.05) is 23.1 Å². The summed E-state index contributed by atoms with van der Waals surface area (Å²) in [7, 11) is 0. The molecule has 0 bridgehead atoms. The van der Waals surface area contributed by atoms with Gasteiger partial charge in [-0.05, 0) is 57.1 Å². The monoisotopic (exact) mass is 397 g/mol. The number of anilines is 1. The highest BCUT2D eigenvalue weighted by Crippen LogP contribution is 2.38. The van der Waals surface area contributed by atoms with Gasteiger partial charge < -0.3 is 14.8 Å². The van der Waals surface area contributed by atoms with E-state index in [1.807, 2.05) is 30.3 Å². The second kappa shape index (κ2) is 9.62. The Morgan fingerprint density at radius 2 is 1.97 bits per heavy atom. The number of benzene rings is 2. The van der Waals surface area contributed by atoms with Gasteiger partial charge in [0.1, 0.15) is 11.4 Å². The van der Waals surface area contributed by atoms with E-state index in [0.717, 1.165) is 60.7 Å². The second-order valence-corrected chi connectivity index (χ2v) is 8.49. The van der Waals surface area contributed by atoms with Crippen LogP contribution < -0.4 is 10.1 Å². The molecular weight excluding hydrogens is 362 g/mol. The van der Waals surface area contributed by atoms with Gasteiger partial charge in [0.25, 0.3) is 5.91 Å². The van der Waals surface area contributed by atoms with Crippen molar-refractivity contribution in [3.63, 3.8) is 0 Å². The summed E-state index contributed by atoms with van der Waals surface area (Å²) in [6.07, 6.45) is 5.77. The van der Waals surface area contributed by atoms with E-state index in [-0.39, 0.29) is 12.0 Å². The minimum absolute atomic E-state index is 0.0155. The number of fused-ring (bicyclic) bond motifs is 1. The van der Waals surface area contributed by atoms with E-state index in [2.05, 4.69) is 39.1 Å². The van der Waals surface area contributed by atoms with Gasteiger partial charge in [0.15, 0.2) is 0 Å². The third-order valence-electron chi connectivity index (χ3n) is 5.99. The number of hydrogen-bond acceptors (Lipinski definition) is 3. The highest BCUT2D eigenvalue weighted by molar-refractivity contribution is 6.06. The molecule has 4 heteroatoms. The zero-order valence-corrected chi connectivity index (χ0v) is 18.3. The SMILES string of the molecule is CCCO[C@]1(C(=O)Nc2ccc(O[C@@H](C)CC)c3ccccc23)CCC[C@@H](C)C1. The summed E-state index contributed by atoms with van der Waals surface area (Å²) in [6.45, 7) is 9.10. The van der Waals surface area contributed by atoms with E-state index >= 15 is 0 Å². The summed E-state index contributed by atoms with van der Waals surface area (Å²) >= 11 is 0. The molecule has 3 rings (SSSR count). The predicted octanol–water partition coefficient (Wildman–Crippen LogP) is 6.33. The van der Waals surface area contributed by atoms with Crippen LogP contribution in [0.4, 0.5) is 5.69 Å². The molecule has 0 radical (unpaired) electrons. The lowest BCUT2D eigenvalue weighted by molar-refractivity contribution is -0.148. The van der Waals surface area contributed by atoms with Crippen molar-refractivity contribution < 1.29 is 14.3 Å². The fourth-order valence-electron chi connectivity index (χ4n) is 4.22. The Balaban J connectivity index is 1.90. The van der Waals surface area contributed by atoms with Crippen LogP contribution in [-0.2, 0) is 9.53 Å². The maximum absolute atomic E-state index is 13.4. The molecule has 0 saturated heterocycles. The lowest BCUT2D eigenvalue weighted by atomic mass is 9.78. The predicted molar refractivity (Wildman–Crippen MR) is 120 cm³/mol. The van der Waals surface area contributed by atoms with Crippen LogP contribution >= 0.6 is 0 Å². The topological polar surface area (TPSA) is 47.6 Å². The fraction of sp³-hybridized carbons (Fsp3) is 0.560. The molecule has 158 valence electrons. The van der Waals surface area contributed by atoms with Crippen molar-refractivity contribution >= 4 is 22.4 Å². The lowest BCUT2D eigenvalue weighted by Gasteiger charge is -2.38. The molecule has 29 heavy (non-hydrogen) atoms. The molecule has 0 unspecified atom stereocenters. The Morgan fingerprint density at radius 3 is 2.66 bits per heavy atom.